The summed E-state index contributed by atoms with van der Waals surface area (Å²) in [6, 6.07) is 8.74. The first-order chi connectivity index (χ1) is 9.63. The van der Waals surface area contributed by atoms with Crippen molar-refractivity contribution in [2.24, 2.45) is 0 Å². The molecule has 0 saturated heterocycles. The summed E-state index contributed by atoms with van der Waals surface area (Å²) >= 11 is 1.47. The van der Waals surface area contributed by atoms with Gasteiger partial charge in [0.05, 0.1) is 10.7 Å². The van der Waals surface area contributed by atoms with E-state index in [0.29, 0.717) is 0 Å². The molecule has 2 aromatic rings. The normalized spacial score (nSPS) is 17.6. The molecular formula is C16H18N2OS. The summed E-state index contributed by atoms with van der Waals surface area (Å²) in [5, 5.41) is 4.11. The molecule has 1 aromatic heterocycles. The Labute approximate surface area is 123 Å². The lowest BCUT2D eigenvalue weighted by Crippen LogP contribution is -2.38. The molecule has 1 atom stereocenters. The first-order valence-electron chi connectivity index (χ1n) is 6.95. The van der Waals surface area contributed by atoms with E-state index in [1.807, 2.05) is 13.8 Å². The van der Waals surface area contributed by atoms with Crippen LogP contribution in [-0.4, -0.2) is 16.9 Å². The number of aromatic nitrogens is 1. The Kier molecular flexibility index (Phi) is 3.57. The largest absolute Gasteiger partial charge is 0.348 e. The van der Waals surface area contributed by atoms with Crippen molar-refractivity contribution in [2.45, 2.75) is 39.2 Å². The molecule has 3 rings (SSSR count). The molecule has 3 nitrogen and oxygen atoms in total. The van der Waals surface area contributed by atoms with Gasteiger partial charge in [0.2, 0.25) is 0 Å². The van der Waals surface area contributed by atoms with Crippen molar-refractivity contribution in [3.63, 3.8) is 0 Å². The van der Waals surface area contributed by atoms with Crippen molar-refractivity contribution in [1.82, 2.24) is 10.3 Å². The Morgan fingerprint density at radius 1 is 1.30 bits per heavy atom. The number of nitrogens with one attached hydrogen (secondary N) is 1. The van der Waals surface area contributed by atoms with E-state index in [2.05, 4.69) is 34.6 Å². The van der Waals surface area contributed by atoms with Gasteiger partial charge in [-0.2, -0.15) is 0 Å². The highest BCUT2D eigenvalue weighted by molar-refractivity contribution is 7.13. The van der Waals surface area contributed by atoms with Crippen molar-refractivity contribution >= 4 is 17.2 Å². The summed E-state index contributed by atoms with van der Waals surface area (Å²) in [6.45, 7) is 3.83. The molecule has 0 bridgehead atoms. The zero-order valence-corrected chi connectivity index (χ0v) is 12.6. The van der Waals surface area contributed by atoms with E-state index in [4.69, 9.17) is 0 Å². The number of carbonyl (C=O) groups is 1. The van der Waals surface area contributed by atoms with Gasteiger partial charge < -0.3 is 5.32 Å². The van der Waals surface area contributed by atoms with Crippen LogP contribution in [0.5, 0.6) is 0 Å². The van der Waals surface area contributed by atoms with Gasteiger partial charge in [-0.1, -0.05) is 24.3 Å². The van der Waals surface area contributed by atoms with Gasteiger partial charge in [-0.3, -0.25) is 4.79 Å². The summed E-state index contributed by atoms with van der Waals surface area (Å²) in [5.41, 5.74) is 3.62. The van der Waals surface area contributed by atoms with E-state index >= 15 is 0 Å². The molecule has 1 N–H and O–H groups in total. The molecule has 104 valence electrons. The fraction of sp³-hybridized carbons (Fsp3) is 0.375. The lowest BCUT2D eigenvalue weighted by Gasteiger charge is -2.25. The first-order valence-corrected chi connectivity index (χ1v) is 7.77. The lowest BCUT2D eigenvalue weighted by atomic mass is 9.88. The van der Waals surface area contributed by atoms with Gasteiger partial charge in [0.1, 0.15) is 4.88 Å². The second-order valence-electron chi connectivity index (χ2n) is 5.33. The van der Waals surface area contributed by atoms with Crippen LogP contribution in [0.25, 0.3) is 0 Å². The third-order valence-corrected chi connectivity index (χ3v) is 4.86. The number of carbonyl (C=O) groups excluding carboxylic acids is 1. The Morgan fingerprint density at radius 3 is 2.75 bits per heavy atom. The third kappa shape index (κ3) is 2.61. The van der Waals surface area contributed by atoms with Gasteiger partial charge >= 0.3 is 0 Å². The Bertz CT molecular complexity index is 648. The van der Waals surface area contributed by atoms with E-state index in [1.165, 1.54) is 22.5 Å². The van der Waals surface area contributed by atoms with Crippen LogP contribution in [-0.2, 0) is 12.8 Å². The first kappa shape index (κ1) is 13.3. The molecule has 20 heavy (non-hydrogen) atoms. The maximum Gasteiger partial charge on any atom is 0.263 e. The van der Waals surface area contributed by atoms with Gasteiger partial charge in [-0.25, -0.2) is 4.98 Å². The minimum Gasteiger partial charge on any atom is -0.348 e. The zero-order valence-electron chi connectivity index (χ0n) is 11.8. The van der Waals surface area contributed by atoms with Crippen LogP contribution in [0.15, 0.2) is 24.3 Å². The number of nitrogens with zero attached hydrogens (tertiary/aromatic N) is 1. The molecule has 0 fully saturated rings. The van der Waals surface area contributed by atoms with Crippen molar-refractivity contribution in [1.29, 1.82) is 0 Å². The molecule has 0 aliphatic heterocycles. The van der Waals surface area contributed by atoms with Crippen LogP contribution in [0.3, 0.4) is 0 Å². The highest BCUT2D eigenvalue weighted by Crippen LogP contribution is 2.22. The Morgan fingerprint density at radius 2 is 2.05 bits per heavy atom. The maximum atomic E-state index is 12.3. The monoisotopic (exact) mass is 286 g/mol. The van der Waals surface area contributed by atoms with Gasteiger partial charge in [0.15, 0.2) is 0 Å². The highest BCUT2D eigenvalue weighted by atomic mass is 32.1. The number of hydrogen-bond donors (Lipinski definition) is 1. The van der Waals surface area contributed by atoms with E-state index < -0.39 is 0 Å². The quantitative estimate of drug-likeness (QED) is 0.922. The van der Waals surface area contributed by atoms with Crippen molar-refractivity contribution < 1.29 is 4.79 Å². The summed E-state index contributed by atoms with van der Waals surface area (Å²) in [4.78, 5) is 17.4. The van der Waals surface area contributed by atoms with Crippen molar-refractivity contribution in [3.8, 4) is 0 Å². The van der Waals surface area contributed by atoms with Crippen LogP contribution in [0.2, 0.25) is 0 Å². The van der Waals surface area contributed by atoms with Gasteiger partial charge in [0, 0.05) is 6.04 Å². The number of benzene rings is 1. The average molecular weight is 286 g/mol. The van der Waals surface area contributed by atoms with E-state index in [9.17, 15) is 4.79 Å². The zero-order chi connectivity index (χ0) is 14.1. The molecule has 0 saturated carbocycles. The standard InChI is InChI=1S/C16H18N2OS/c1-10-15(20-11(2)17-10)16(19)18-14-8-7-12-5-3-4-6-13(12)9-14/h3-6,14H,7-9H2,1-2H3,(H,18,19)/t14-/m0/s1. The second kappa shape index (κ2) is 5.37. The second-order valence-corrected chi connectivity index (χ2v) is 6.53. The number of rotatable bonds is 2. The summed E-state index contributed by atoms with van der Waals surface area (Å²) < 4.78 is 0. The Hall–Kier alpha value is -1.68. The van der Waals surface area contributed by atoms with Gasteiger partial charge in [0.25, 0.3) is 5.91 Å². The predicted molar refractivity (Wildman–Crippen MR) is 81.3 cm³/mol. The van der Waals surface area contributed by atoms with Gasteiger partial charge in [-0.15, -0.1) is 11.3 Å². The SMILES string of the molecule is Cc1nc(C)c(C(=O)N[C@H]2CCc3ccccc3C2)s1. The van der Waals surface area contributed by atoms with E-state index in [0.717, 1.165) is 34.8 Å². The van der Waals surface area contributed by atoms with Crippen LogP contribution < -0.4 is 5.32 Å². The van der Waals surface area contributed by atoms with Crippen LogP contribution in [0.4, 0.5) is 0 Å². The molecular weight excluding hydrogens is 268 g/mol. The van der Waals surface area contributed by atoms with Crippen LogP contribution in [0, 0.1) is 13.8 Å². The number of aryl methyl sites for hydroxylation is 3. The van der Waals surface area contributed by atoms with Crippen LogP contribution >= 0.6 is 11.3 Å². The molecule has 1 aliphatic carbocycles. The smallest absolute Gasteiger partial charge is 0.263 e. The number of amides is 1. The molecule has 1 aliphatic rings. The fourth-order valence-electron chi connectivity index (χ4n) is 2.81. The molecule has 1 aromatic carbocycles. The minimum absolute atomic E-state index is 0.0254. The molecule has 0 spiro atoms. The summed E-state index contributed by atoms with van der Waals surface area (Å²) in [5.74, 6) is 0.0254. The molecule has 4 heteroatoms. The third-order valence-electron chi connectivity index (χ3n) is 3.79. The molecule has 1 amide bonds. The van der Waals surface area contributed by atoms with Crippen molar-refractivity contribution in [3.05, 3.63) is 51.0 Å². The average Bonchev–Trinajstić information content (AvgIpc) is 2.78. The Balaban J connectivity index is 1.71. The number of fused-ring (bicyclic) bond motifs is 1. The lowest BCUT2D eigenvalue weighted by molar-refractivity contribution is 0.0937. The van der Waals surface area contributed by atoms with E-state index in [-0.39, 0.29) is 11.9 Å². The fourth-order valence-corrected chi connectivity index (χ4v) is 3.64. The molecule has 0 radical (unpaired) electrons. The van der Waals surface area contributed by atoms with Crippen molar-refractivity contribution in [2.75, 3.05) is 0 Å². The number of hydrogen-bond acceptors (Lipinski definition) is 3. The van der Waals surface area contributed by atoms with Crippen LogP contribution in [0.1, 0.15) is 37.9 Å². The minimum atomic E-state index is 0.0254. The highest BCUT2D eigenvalue weighted by Gasteiger charge is 2.22. The van der Waals surface area contributed by atoms with Gasteiger partial charge in [-0.05, 0) is 44.2 Å². The topological polar surface area (TPSA) is 42.0 Å². The molecule has 1 heterocycles. The maximum absolute atomic E-state index is 12.3. The van der Waals surface area contributed by atoms with E-state index in [1.54, 1.807) is 0 Å². The summed E-state index contributed by atoms with van der Waals surface area (Å²) in [6.07, 6.45) is 2.99. The predicted octanol–water partition coefficient (Wildman–Crippen LogP) is 3.05. The number of thiazole rings is 1. The summed E-state index contributed by atoms with van der Waals surface area (Å²) in [7, 11) is 0. The molecule has 0 unspecified atom stereocenters.